The van der Waals surface area contributed by atoms with Gasteiger partial charge in [-0.2, -0.15) is 0 Å². The zero-order chi connectivity index (χ0) is 15.8. The molecule has 2 rings (SSSR count). The van der Waals surface area contributed by atoms with Gasteiger partial charge >= 0.3 is 0 Å². The summed E-state index contributed by atoms with van der Waals surface area (Å²) in [5.74, 6) is 0. The highest BCUT2D eigenvalue weighted by atomic mass is 79.9. The van der Waals surface area contributed by atoms with E-state index in [1.165, 1.54) is 12.1 Å². The third-order valence-corrected chi connectivity index (χ3v) is 5.79. The molecule has 0 spiro atoms. The number of hydrogen-bond donors (Lipinski definition) is 2. The van der Waals surface area contributed by atoms with Gasteiger partial charge in [-0.05, 0) is 58.7 Å². The number of anilines is 2. The minimum atomic E-state index is -3.75. The van der Waals surface area contributed by atoms with Crippen molar-refractivity contribution in [2.75, 3.05) is 10.5 Å². The van der Waals surface area contributed by atoms with Gasteiger partial charge in [0.15, 0.2) is 0 Å². The molecule has 0 aliphatic carbocycles. The fourth-order valence-corrected chi connectivity index (χ4v) is 3.83. The van der Waals surface area contributed by atoms with E-state index in [1.54, 1.807) is 25.1 Å². The zero-order valence-electron chi connectivity index (χ0n) is 10.8. The van der Waals surface area contributed by atoms with E-state index in [4.69, 9.17) is 17.3 Å². The van der Waals surface area contributed by atoms with Crippen LogP contribution in [0.2, 0.25) is 5.02 Å². The third kappa shape index (κ3) is 3.71. The number of nitrogens with one attached hydrogen (secondary N) is 1. The molecule has 0 bridgehead atoms. The molecule has 0 fully saturated rings. The van der Waals surface area contributed by atoms with Crippen molar-refractivity contribution >= 4 is 64.9 Å². The van der Waals surface area contributed by atoms with Gasteiger partial charge < -0.3 is 5.73 Å². The molecule has 2 aromatic carbocycles. The SMILES string of the molecule is Cc1cc(S(=O)(=O)Nc2cc(Br)ccc2Br)cc(N)c1Cl. The topological polar surface area (TPSA) is 72.2 Å². The predicted octanol–water partition coefficient (Wildman–Crippen LogP) is 4.56. The zero-order valence-corrected chi connectivity index (χ0v) is 15.6. The maximum absolute atomic E-state index is 12.4. The van der Waals surface area contributed by atoms with Crippen LogP contribution < -0.4 is 10.5 Å². The number of sulfonamides is 1. The van der Waals surface area contributed by atoms with Gasteiger partial charge in [-0.15, -0.1) is 0 Å². The molecule has 3 N–H and O–H groups in total. The quantitative estimate of drug-likeness (QED) is 0.668. The molecule has 0 amide bonds. The average Bonchev–Trinajstić information content (AvgIpc) is 2.39. The van der Waals surface area contributed by atoms with Gasteiger partial charge in [0, 0.05) is 8.95 Å². The Labute approximate surface area is 145 Å². The first-order chi connectivity index (χ1) is 9.70. The summed E-state index contributed by atoms with van der Waals surface area (Å²) in [6, 6.07) is 8.01. The second kappa shape index (κ2) is 6.16. The summed E-state index contributed by atoms with van der Waals surface area (Å²) < 4.78 is 28.8. The van der Waals surface area contributed by atoms with Crippen LogP contribution in [0.4, 0.5) is 11.4 Å². The van der Waals surface area contributed by atoms with Crippen molar-refractivity contribution in [3.8, 4) is 0 Å². The van der Waals surface area contributed by atoms with E-state index in [0.29, 0.717) is 20.7 Å². The van der Waals surface area contributed by atoms with Gasteiger partial charge in [-0.25, -0.2) is 8.42 Å². The first kappa shape index (κ1) is 16.6. The second-order valence-electron chi connectivity index (χ2n) is 4.37. The van der Waals surface area contributed by atoms with Crippen molar-refractivity contribution in [3.63, 3.8) is 0 Å². The van der Waals surface area contributed by atoms with Crippen LogP contribution in [0.5, 0.6) is 0 Å². The highest BCUT2D eigenvalue weighted by Gasteiger charge is 2.18. The Balaban J connectivity index is 2.46. The number of aryl methyl sites for hydroxylation is 1. The summed E-state index contributed by atoms with van der Waals surface area (Å²) in [7, 11) is -3.75. The van der Waals surface area contributed by atoms with Crippen molar-refractivity contribution in [2.45, 2.75) is 11.8 Å². The molecule has 0 aromatic heterocycles. The number of halogens is 3. The lowest BCUT2D eigenvalue weighted by molar-refractivity contribution is 0.601. The summed E-state index contributed by atoms with van der Waals surface area (Å²) in [6.45, 7) is 1.70. The highest BCUT2D eigenvalue weighted by Crippen LogP contribution is 2.31. The first-order valence-corrected chi connectivity index (χ1v) is 9.19. The van der Waals surface area contributed by atoms with E-state index in [0.717, 1.165) is 4.47 Å². The van der Waals surface area contributed by atoms with E-state index in [2.05, 4.69) is 36.6 Å². The Bertz CT molecular complexity index is 787. The summed E-state index contributed by atoms with van der Waals surface area (Å²) in [5.41, 5.74) is 6.98. The van der Waals surface area contributed by atoms with Gasteiger partial charge in [-0.3, -0.25) is 4.72 Å². The molecule has 0 unspecified atom stereocenters. The summed E-state index contributed by atoms with van der Waals surface area (Å²) in [5, 5.41) is 0.359. The largest absolute Gasteiger partial charge is 0.397 e. The summed E-state index contributed by atoms with van der Waals surface area (Å²) >= 11 is 12.6. The van der Waals surface area contributed by atoms with Crippen LogP contribution in [0.25, 0.3) is 0 Å². The van der Waals surface area contributed by atoms with E-state index in [1.807, 2.05) is 0 Å². The maximum Gasteiger partial charge on any atom is 0.262 e. The van der Waals surface area contributed by atoms with Crippen molar-refractivity contribution in [1.29, 1.82) is 0 Å². The van der Waals surface area contributed by atoms with E-state index in [9.17, 15) is 8.42 Å². The van der Waals surface area contributed by atoms with E-state index >= 15 is 0 Å². The lowest BCUT2D eigenvalue weighted by Gasteiger charge is -2.12. The van der Waals surface area contributed by atoms with Gasteiger partial charge in [0.1, 0.15) is 0 Å². The predicted molar refractivity (Wildman–Crippen MR) is 93.3 cm³/mol. The molecule has 0 atom stereocenters. The van der Waals surface area contributed by atoms with Gasteiger partial charge in [0.2, 0.25) is 0 Å². The molecule has 0 aliphatic heterocycles. The van der Waals surface area contributed by atoms with Crippen LogP contribution in [-0.4, -0.2) is 8.42 Å². The summed E-state index contributed by atoms with van der Waals surface area (Å²) in [4.78, 5) is 0.0637. The minimum Gasteiger partial charge on any atom is -0.397 e. The van der Waals surface area contributed by atoms with E-state index in [-0.39, 0.29) is 10.6 Å². The molecule has 0 aliphatic rings. The normalized spacial score (nSPS) is 11.4. The molecule has 0 saturated heterocycles. The van der Waals surface area contributed by atoms with Crippen LogP contribution >= 0.6 is 43.5 Å². The fourth-order valence-electron chi connectivity index (χ4n) is 1.70. The second-order valence-corrected chi connectivity index (χ2v) is 8.20. The lowest BCUT2D eigenvalue weighted by Crippen LogP contribution is -2.14. The van der Waals surface area contributed by atoms with Crippen LogP contribution in [0.3, 0.4) is 0 Å². The molecule has 0 heterocycles. The molecule has 0 radical (unpaired) electrons. The third-order valence-electron chi connectivity index (χ3n) is 2.74. The van der Waals surface area contributed by atoms with Crippen LogP contribution in [0, 0.1) is 6.92 Å². The Hall–Kier alpha value is -0.760. The van der Waals surface area contributed by atoms with Crippen molar-refractivity contribution in [3.05, 3.63) is 49.9 Å². The average molecular weight is 455 g/mol. The molecular formula is C13H11Br2ClN2O2S. The Kier molecular flexibility index (Phi) is 4.87. The molecule has 8 heteroatoms. The van der Waals surface area contributed by atoms with Crippen LogP contribution in [0.1, 0.15) is 5.56 Å². The standard InChI is InChI=1S/C13H11Br2ClN2O2S/c1-7-4-9(6-11(17)13(7)16)21(19,20)18-12-5-8(14)2-3-10(12)15/h2-6,18H,17H2,1H3. The van der Waals surface area contributed by atoms with Gasteiger partial charge in [0.25, 0.3) is 10.0 Å². The first-order valence-electron chi connectivity index (χ1n) is 5.74. The lowest BCUT2D eigenvalue weighted by atomic mass is 10.2. The molecule has 21 heavy (non-hydrogen) atoms. The Morgan fingerprint density at radius 3 is 2.48 bits per heavy atom. The molecular weight excluding hydrogens is 443 g/mol. The van der Waals surface area contributed by atoms with Crippen molar-refractivity contribution in [1.82, 2.24) is 0 Å². The van der Waals surface area contributed by atoms with Crippen molar-refractivity contribution in [2.24, 2.45) is 0 Å². The number of benzene rings is 2. The number of hydrogen-bond acceptors (Lipinski definition) is 3. The van der Waals surface area contributed by atoms with E-state index < -0.39 is 10.0 Å². The van der Waals surface area contributed by atoms with Gasteiger partial charge in [-0.1, -0.05) is 27.5 Å². The van der Waals surface area contributed by atoms with Crippen molar-refractivity contribution < 1.29 is 8.42 Å². The molecule has 2 aromatic rings. The van der Waals surface area contributed by atoms with Crippen LogP contribution in [0.15, 0.2) is 44.2 Å². The number of nitrogens with two attached hydrogens (primary N) is 1. The highest BCUT2D eigenvalue weighted by molar-refractivity contribution is 9.11. The number of nitrogen functional groups attached to an aromatic ring is 1. The number of rotatable bonds is 3. The maximum atomic E-state index is 12.4. The van der Waals surface area contributed by atoms with Crippen LogP contribution in [-0.2, 0) is 10.0 Å². The van der Waals surface area contributed by atoms with Gasteiger partial charge in [0.05, 0.1) is 21.3 Å². The Morgan fingerprint density at radius 2 is 1.86 bits per heavy atom. The summed E-state index contributed by atoms with van der Waals surface area (Å²) in [6.07, 6.45) is 0. The molecule has 112 valence electrons. The minimum absolute atomic E-state index is 0.0637. The smallest absolute Gasteiger partial charge is 0.262 e. The Morgan fingerprint density at radius 1 is 1.19 bits per heavy atom. The molecule has 0 saturated carbocycles. The molecule has 4 nitrogen and oxygen atoms in total. The fraction of sp³-hybridized carbons (Fsp3) is 0.0769. The monoisotopic (exact) mass is 452 g/mol.